The van der Waals surface area contributed by atoms with Crippen molar-refractivity contribution in [2.24, 2.45) is 0 Å². The standard InChI is InChI=1S/C22H24BrFN4O4/c1-31-20-17(32-12-15(30)11-28-7-2-3-8-28)10-16-18(21(23)27-22(24)26-16)19(20)25-13-5-4-6-14(29)9-13/h4-6,9-10,15,25,29-30H,2-3,7-8,11-12H2,1H3. The largest absolute Gasteiger partial charge is 0.508 e. The van der Waals surface area contributed by atoms with E-state index >= 15 is 0 Å². The molecule has 0 aliphatic carbocycles. The maximum absolute atomic E-state index is 13.9. The van der Waals surface area contributed by atoms with Crippen LogP contribution in [0.3, 0.4) is 0 Å². The number of anilines is 2. The molecule has 1 aliphatic heterocycles. The number of aromatic nitrogens is 2. The van der Waals surface area contributed by atoms with Crippen molar-refractivity contribution in [3.05, 3.63) is 41.0 Å². The molecule has 0 radical (unpaired) electrons. The number of hydrogen-bond donors (Lipinski definition) is 3. The van der Waals surface area contributed by atoms with Gasteiger partial charge in [0.15, 0.2) is 11.5 Å². The molecule has 1 fully saturated rings. The van der Waals surface area contributed by atoms with E-state index in [1.807, 2.05) is 0 Å². The number of phenols is 1. The molecule has 3 aromatic rings. The molecule has 4 rings (SSSR count). The first-order valence-electron chi connectivity index (χ1n) is 10.3. The third kappa shape index (κ3) is 5.03. The average Bonchev–Trinajstić information content (AvgIpc) is 3.24. The predicted molar refractivity (Wildman–Crippen MR) is 122 cm³/mol. The Kier molecular flexibility index (Phi) is 6.92. The molecular formula is C22H24BrFN4O4. The zero-order valence-corrected chi connectivity index (χ0v) is 19.1. The van der Waals surface area contributed by atoms with E-state index in [4.69, 9.17) is 9.47 Å². The first-order chi connectivity index (χ1) is 15.4. The van der Waals surface area contributed by atoms with Gasteiger partial charge in [-0.1, -0.05) is 6.07 Å². The molecule has 2 heterocycles. The minimum absolute atomic E-state index is 0.0403. The fraction of sp³-hybridized carbons (Fsp3) is 0.364. The van der Waals surface area contributed by atoms with Crippen molar-refractivity contribution in [1.82, 2.24) is 14.9 Å². The number of hydrogen-bond acceptors (Lipinski definition) is 8. The highest BCUT2D eigenvalue weighted by Gasteiger charge is 2.22. The zero-order chi connectivity index (χ0) is 22.7. The molecule has 0 amide bonds. The van der Waals surface area contributed by atoms with Gasteiger partial charge in [0, 0.05) is 24.4 Å². The number of nitrogens with one attached hydrogen (secondary N) is 1. The van der Waals surface area contributed by atoms with Gasteiger partial charge in [0.05, 0.1) is 23.7 Å². The van der Waals surface area contributed by atoms with Gasteiger partial charge in [-0.15, -0.1) is 0 Å². The van der Waals surface area contributed by atoms with E-state index in [2.05, 4.69) is 36.1 Å². The molecule has 0 spiro atoms. The maximum atomic E-state index is 13.9. The van der Waals surface area contributed by atoms with Crippen LogP contribution in [-0.2, 0) is 0 Å². The Labute approximate surface area is 193 Å². The number of aromatic hydroxyl groups is 1. The number of methoxy groups -OCH3 is 1. The van der Waals surface area contributed by atoms with Gasteiger partial charge in [-0.05, 0) is 54.0 Å². The van der Waals surface area contributed by atoms with Crippen molar-refractivity contribution < 1.29 is 24.1 Å². The molecule has 1 aliphatic rings. The summed E-state index contributed by atoms with van der Waals surface area (Å²) in [6.07, 6.45) is 0.690. The number of rotatable bonds is 8. The van der Waals surface area contributed by atoms with Crippen LogP contribution in [0.4, 0.5) is 15.8 Å². The van der Waals surface area contributed by atoms with E-state index in [1.54, 1.807) is 24.3 Å². The summed E-state index contributed by atoms with van der Waals surface area (Å²) >= 11 is 3.30. The Hall–Kier alpha value is -2.69. The summed E-state index contributed by atoms with van der Waals surface area (Å²) in [6.45, 7) is 2.50. The van der Waals surface area contributed by atoms with Crippen LogP contribution in [0.2, 0.25) is 0 Å². The summed E-state index contributed by atoms with van der Waals surface area (Å²) in [6, 6.07) is 8.09. The fourth-order valence-corrected chi connectivity index (χ4v) is 4.39. The van der Waals surface area contributed by atoms with E-state index in [9.17, 15) is 14.6 Å². The van der Waals surface area contributed by atoms with Gasteiger partial charge in [0.25, 0.3) is 0 Å². The Morgan fingerprint density at radius 1 is 1.25 bits per heavy atom. The molecule has 1 unspecified atom stereocenters. The molecule has 10 heteroatoms. The average molecular weight is 507 g/mol. The van der Waals surface area contributed by atoms with Crippen molar-refractivity contribution in [2.75, 3.05) is 38.7 Å². The molecule has 8 nitrogen and oxygen atoms in total. The van der Waals surface area contributed by atoms with Crippen LogP contribution in [0.15, 0.2) is 34.9 Å². The number of fused-ring (bicyclic) bond motifs is 1. The van der Waals surface area contributed by atoms with Crippen LogP contribution in [0.25, 0.3) is 10.9 Å². The number of likely N-dealkylation sites (tertiary alicyclic amines) is 1. The SMILES string of the molecule is COc1c(OCC(O)CN2CCCC2)cc2nc(F)nc(Br)c2c1Nc1cccc(O)c1. The number of nitrogens with zero attached hydrogens (tertiary/aromatic N) is 3. The van der Waals surface area contributed by atoms with Crippen molar-refractivity contribution in [3.63, 3.8) is 0 Å². The number of aliphatic hydroxyl groups is 1. The summed E-state index contributed by atoms with van der Waals surface area (Å²) in [5.74, 6) is 0.718. The van der Waals surface area contributed by atoms with Crippen LogP contribution in [0, 0.1) is 6.08 Å². The Bertz CT molecular complexity index is 1110. The highest BCUT2D eigenvalue weighted by molar-refractivity contribution is 9.10. The van der Waals surface area contributed by atoms with Crippen LogP contribution >= 0.6 is 15.9 Å². The Morgan fingerprint density at radius 3 is 2.75 bits per heavy atom. The maximum Gasteiger partial charge on any atom is 0.310 e. The van der Waals surface area contributed by atoms with Crippen LogP contribution in [0.5, 0.6) is 17.2 Å². The van der Waals surface area contributed by atoms with Crippen molar-refractivity contribution >= 4 is 38.2 Å². The van der Waals surface area contributed by atoms with Crippen molar-refractivity contribution in [2.45, 2.75) is 18.9 Å². The topological polar surface area (TPSA) is 100.0 Å². The summed E-state index contributed by atoms with van der Waals surface area (Å²) in [5.41, 5.74) is 1.30. The summed E-state index contributed by atoms with van der Waals surface area (Å²) in [5, 5.41) is 23.9. The zero-order valence-electron chi connectivity index (χ0n) is 17.5. The predicted octanol–water partition coefficient (Wildman–Crippen LogP) is 3.82. The minimum Gasteiger partial charge on any atom is -0.508 e. The van der Waals surface area contributed by atoms with E-state index in [-0.39, 0.29) is 22.5 Å². The normalized spacial score (nSPS) is 15.1. The second-order valence-corrected chi connectivity index (χ2v) is 8.36. The van der Waals surface area contributed by atoms with E-state index in [1.165, 1.54) is 13.2 Å². The summed E-state index contributed by atoms with van der Waals surface area (Å²) < 4.78 is 25.7. The van der Waals surface area contributed by atoms with Crippen LogP contribution < -0.4 is 14.8 Å². The van der Waals surface area contributed by atoms with Gasteiger partial charge >= 0.3 is 6.08 Å². The number of aliphatic hydroxyl groups excluding tert-OH is 1. The Morgan fingerprint density at radius 2 is 2.03 bits per heavy atom. The van der Waals surface area contributed by atoms with Crippen molar-refractivity contribution in [1.29, 1.82) is 0 Å². The number of benzene rings is 2. The third-order valence-corrected chi connectivity index (χ3v) is 5.83. The molecule has 0 bridgehead atoms. The summed E-state index contributed by atoms with van der Waals surface area (Å²) in [7, 11) is 1.49. The lowest BCUT2D eigenvalue weighted by Gasteiger charge is -2.22. The first-order valence-corrected chi connectivity index (χ1v) is 11.1. The highest BCUT2D eigenvalue weighted by atomic mass is 79.9. The molecule has 2 aromatic carbocycles. The van der Waals surface area contributed by atoms with E-state index in [0.717, 1.165) is 25.9 Å². The second-order valence-electron chi connectivity index (χ2n) is 7.61. The molecule has 32 heavy (non-hydrogen) atoms. The lowest BCUT2D eigenvalue weighted by atomic mass is 10.1. The highest BCUT2D eigenvalue weighted by Crippen LogP contribution is 2.45. The van der Waals surface area contributed by atoms with Crippen molar-refractivity contribution in [3.8, 4) is 17.2 Å². The molecule has 1 aromatic heterocycles. The molecule has 1 saturated heterocycles. The van der Waals surface area contributed by atoms with Gasteiger partial charge in [-0.3, -0.25) is 0 Å². The van der Waals surface area contributed by atoms with Crippen LogP contribution in [-0.4, -0.2) is 64.5 Å². The second kappa shape index (κ2) is 9.85. The lowest BCUT2D eigenvalue weighted by molar-refractivity contribution is 0.0748. The van der Waals surface area contributed by atoms with Gasteiger partial charge in [-0.2, -0.15) is 9.37 Å². The van der Waals surface area contributed by atoms with E-state index in [0.29, 0.717) is 34.8 Å². The Balaban J connectivity index is 1.70. The molecule has 3 N–H and O–H groups in total. The lowest BCUT2D eigenvalue weighted by Crippen LogP contribution is -2.33. The molecule has 1 atom stereocenters. The fourth-order valence-electron chi connectivity index (χ4n) is 3.84. The molecule has 170 valence electrons. The quantitative estimate of drug-likeness (QED) is 0.313. The number of β-amino-alcohol motifs (C(OH)–C–C–N with tert-alkyl or cyclic N) is 1. The smallest absolute Gasteiger partial charge is 0.310 e. The molecule has 0 saturated carbocycles. The van der Waals surface area contributed by atoms with Crippen LogP contribution in [0.1, 0.15) is 12.8 Å². The number of ether oxygens (including phenoxy) is 2. The van der Waals surface area contributed by atoms with Gasteiger partial charge in [0.1, 0.15) is 23.1 Å². The van der Waals surface area contributed by atoms with Gasteiger partial charge in [0.2, 0.25) is 0 Å². The number of halogens is 2. The number of phenolic OH excluding ortho intramolecular Hbond substituents is 1. The summed E-state index contributed by atoms with van der Waals surface area (Å²) in [4.78, 5) is 9.86. The first kappa shape index (κ1) is 22.5. The van der Waals surface area contributed by atoms with Gasteiger partial charge in [-0.25, -0.2) is 4.98 Å². The van der Waals surface area contributed by atoms with E-state index < -0.39 is 12.2 Å². The third-order valence-electron chi connectivity index (χ3n) is 5.25. The minimum atomic E-state index is -0.891. The molecular weight excluding hydrogens is 483 g/mol. The monoisotopic (exact) mass is 506 g/mol. The van der Waals surface area contributed by atoms with Gasteiger partial charge < -0.3 is 29.9 Å².